The first kappa shape index (κ1) is 11.3. The number of piperazine rings is 1. The van der Waals surface area contributed by atoms with Gasteiger partial charge in [0.25, 0.3) is 0 Å². The summed E-state index contributed by atoms with van der Waals surface area (Å²) in [6.45, 7) is 4.92. The number of rotatable bonds is 1. The lowest BCUT2D eigenvalue weighted by molar-refractivity contribution is -0.0717. The molecule has 0 amide bonds. The first-order valence-corrected chi connectivity index (χ1v) is 6.69. The zero-order chi connectivity index (χ0) is 12.7. The van der Waals surface area contributed by atoms with E-state index in [0.29, 0.717) is 6.04 Å². The molecule has 0 bridgehead atoms. The maximum atomic E-state index is 6.00. The molecule has 19 heavy (non-hydrogen) atoms. The second kappa shape index (κ2) is 4.56. The van der Waals surface area contributed by atoms with Crippen LogP contribution in [0.2, 0.25) is 0 Å². The molecule has 1 N–H and O–H groups in total. The molecule has 3 heterocycles. The average Bonchev–Trinajstić information content (AvgIpc) is 2.94. The molecule has 0 saturated carbocycles. The summed E-state index contributed by atoms with van der Waals surface area (Å²) in [6.07, 6.45) is 0.121. The predicted octanol–water partition coefficient (Wildman–Crippen LogP) is 0.568. The third-order valence-electron chi connectivity index (χ3n) is 4.01. The molecule has 0 unspecified atom stereocenters. The van der Waals surface area contributed by atoms with Crippen LogP contribution in [-0.4, -0.2) is 54.0 Å². The number of ether oxygens (including phenoxy) is 1. The fourth-order valence-corrected chi connectivity index (χ4v) is 2.90. The van der Waals surface area contributed by atoms with Gasteiger partial charge in [-0.1, -0.05) is 6.07 Å². The van der Waals surface area contributed by atoms with E-state index < -0.39 is 0 Å². The van der Waals surface area contributed by atoms with Crippen molar-refractivity contribution in [1.82, 2.24) is 20.5 Å². The standard InChI is InChI=1S/C13H16N4O2/c1-2-11-12(16-19-15-11)5-9(1)13-7-17-4-3-14-6-10(17)8-18-13/h1-2,5,10,13-14H,3-4,6-8H2/t10-,13-/m0/s1. The van der Waals surface area contributed by atoms with Crippen molar-refractivity contribution in [1.29, 1.82) is 0 Å². The van der Waals surface area contributed by atoms with E-state index in [1.807, 2.05) is 12.1 Å². The van der Waals surface area contributed by atoms with Crippen molar-refractivity contribution in [3.05, 3.63) is 23.8 Å². The molecule has 2 atom stereocenters. The van der Waals surface area contributed by atoms with Crippen molar-refractivity contribution < 1.29 is 9.37 Å². The van der Waals surface area contributed by atoms with E-state index in [1.54, 1.807) is 0 Å². The molecule has 2 aromatic rings. The molecule has 100 valence electrons. The van der Waals surface area contributed by atoms with Crippen LogP contribution in [0.4, 0.5) is 0 Å². The first-order chi connectivity index (χ1) is 9.40. The third kappa shape index (κ3) is 2.01. The minimum atomic E-state index is 0.121. The van der Waals surface area contributed by atoms with Crippen molar-refractivity contribution in [2.24, 2.45) is 0 Å². The van der Waals surface area contributed by atoms with Crippen molar-refractivity contribution in [2.45, 2.75) is 12.1 Å². The van der Waals surface area contributed by atoms with Gasteiger partial charge >= 0.3 is 0 Å². The number of benzene rings is 1. The third-order valence-corrected chi connectivity index (χ3v) is 4.01. The summed E-state index contributed by atoms with van der Waals surface area (Å²) in [5.74, 6) is 0. The SMILES string of the molecule is c1cc2nonc2cc1[C@@H]1CN2CCNC[C@H]2CO1. The number of nitrogens with zero attached hydrogens (tertiary/aromatic N) is 3. The Morgan fingerprint density at radius 3 is 3.21 bits per heavy atom. The largest absolute Gasteiger partial charge is 0.371 e. The number of nitrogens with one attached hydrogen (secondary N) is 1. The van der Waals surface area contributed by atoms with Gasteiger partial charge in [-0.2, -0.15) is 0 Å². The van der Waals surface area contributed by atoms with Crippen LogP contribution in [0.25, 0.3) is 11.0 Å². The van der Waals surface area contributed by atoms with Gasteiger partial charge in [0.1, 0.15) is 11.0 Å². The molecule has 6 nitrogen and oxygen atoms in total. The highest BCUT2D eigenvalue weighted by molar-refractivity contribution is 5.73. The number of hydrogen-bond acceptors (Lipinski definition) is 6. The normalized spacial score (nSPS) is 28.4. The Morgan fingerprint density at radius 1 is 1.26 bits per heavy atom. The first-order valence-electron chi connectivity index (χ1n) is 6.69. The summed E-state index contributed by atoms with van der Waals surface area (Å²) in [6, 6.07) is 6.52. The molecule has 2 aliphatic heterocycles. The van der Waals surface area contributed by atoms with Gasteiger partial charge in [-0.25, -0.2) is 4.63 Å². The van der Waals surface area contributed by atoms with Gasteiger partial charge in [-0.05, 0) is 28.0 Å². The molecule has 4 rings (SSSR count). The van der Waals surface area contributed by atoms with E-state index in [4.69, 9.17) is 9.37 Å². The Morgan fingerprint density at radius 2 is 2.21 bits per heavy atom. The van der Waals surface area contributed by atoms with Gasteiger partial charge < -0.3 is 10.1 Å². The fraction of sp³-hybridized carbons (Fsp3) is 0.538. The highest BCUT2D eigenvalue weighted by Crippen LogP contribution is 2.27. The van der Waals surface area contributed by atoms with E-state index >= 15 is 0 Å². The molecule has 0 spiro atoms. The summed E-state index contributed by atoms with van der Waals surface area (Å²) < 4.78 is 10.7. The molecule has 1 aromatic carbocycles. The van der Waals surface area contributed by atoms with E-state index in [-0.39, 0.29) is 6.10 Å². The molecule has 0 aliphatic carbocycles. The lowest BCUT2D eigenvalue weighted by Gasteiger charge is -2.42. The fourth-order valence-electron chi connectivity index (χ4n) is 2.90. The van der Waals surface area contributed by atoms with Crippen LogP contribution in [-0.2, 0) is 4.74 Å². The van der Waals surface area contributed by atoms with Crippen LogP contribution >= 0.6 is 0 Å². The minimum absolute atomic E-state index is 0.121. The van der Waals surface area contributed by atoms with E-state index in [9.17, 15) is 0 Å². The average molecular weight is 260 g/mol. The van der Waals surface area contributed by atoms with Crippen molar-refractivity contribution in [2.75, 3.05) is 32.8 Å². The Hall–Kier alpha value is -1.50. The number of hydrogen-bond donors (Lipinski definition) is 1. The van der Waals surface area contributed by atoms with Gasteiger partial charge in [0.05, 0.1) is 12.7 Å². The zero-order valence-electron chi connectivity index (χ0n) is 10.6. The molecule has 1 aromatic heterocycles. The van der Waals surface area contributed by atoms with Gasteiger partial charge in [-0.3, -0.25) is 4.90 Å². The highest BCUT2D eigenvalue weighted by atomic mass is 16.6. The summed E-state index contributed by atoms with van der Waals surface area (Å²) >= 11 is 0. The van der Waals surface area contributed by atoms with Crippen LogP contribution in [0.5, 0.6) is 0 Å². The summed E-state index contributed by atoms with van der Waals surface area (Å²) in [7, 11) is 0. The maximum absolute atomic E-state index is 6.00. The van der Waals surface area contributed by atoms with Crippen LogP contribution in [0, 0.1) is 0 Å². The minimum Gasteiger partial charge on any atom is -0.371 e. The second-order valence-electron chi connectivity index (χ2n) is 5.19. The Balaban J connectivity index is 1.58. The summed E-state index contributed by atoms with van der Waals surface area (Å²) in [4.78, 5) is 2.51. The molecule has 2 saturated heterocycles. The quantitative estimate of drug-likeness (QED) is 0.808. The lowest BCUT2D eigenvalue weighted by Crippen LogP contribution is -2.57. The van der Waals surface area contributed by atoms with Gasteiger partial charge in [0, 0.05) is 32.2 Å². The maximum Gasteiger partial charge on any atom is 0.135 e. The van der Waals surface area contributed by atoms with Crippen molar-refractivity contribution in [3.63, 3.8) is 0 Å². The molecule has 6 heteroatoms. The Labute approximate surface area is 110 Å². The highest BCUT2D eigenvalue weighted by Gasteiger charge is 2.31. The van der Waals surface area contributed by atoms with Crippen molar-refractivity contribution >= 4 is 11.0 Å². The Bertz CT molecular complexity index is 585. The molecule has 2 fully saturated rings. The second-order valence-corrected chi connectivity index (χ2v) is 5.19. The molecular weight excluding hydrogens is 244 g/mol. The number of morpholine rings is 1. The summed E-state index contributed by atoms with van der Waals surface area (Å²) in [5.41, 5.74) is 2.74. The van der Waals surface area contributed by atoms with Gasteiger partial charge in [-0.15, -0.1) is 0 Å². The number of fused-ring (bicyclic) bond motifs is 2. The van der Waals surface area contributed by atoms with Gasteiger partial charge in [0.15, 0.2) is 0 Å². The van der Waals surface area contributed by atoms with Crippen LogP contribution < -0.4 is 5.32 Å². The smallest absolute Gasteiger partial charge is 0.135 e. The number of aromatic nitrogens is 2. The lowest BCUT2D eigenvalue weighted by atomic mass is 10.0. The summed E-state index contributed by atoms with van der Waals surface area (Å²) in [5, 5.41) is 11.1. The molecule has 2 aliphatic rings. The van der Waals surface area contributed by atoms with E-state index in [1.165, 1.54) is 0 Å². The zero-order valence-corrected chi connectivity index (χ0v) is 10.6. The van der Waals surface area contributed by atoms with E-state index in [0.717, 1.165) is 49.4 Å². The topological polar surface area (TPSA) is 63.4 Å². The van der Waals surface area contributed by atoms with Crippen LogP contribution in [0.3, 0.4) is 0 Å². The van der Waals surface area contributed by atoms with Crippen LogP contribution in [0.1, 0.15) is 11.7 Å². The molecule has 0 radical (unpaired) electrons. The van der Waals surface area contributed by atoms with E-state index in [2.05, 4.69) is 26.6 Å². The predicted molar refractivity (Wildman–Crippen MR) is 68.7 cm³/mol. The van der Waals surface area contributed by atoms with Crippen LogP contribution in [0.15, 0.2) is 22.8 Å². The van der Waals surface area contributed by atoms with Crippen molar-refractivity contribution in [3.8, 4) is 0 Å². The van der Waals surface area contributed by atoms with Gasteiger partial charge in [0.2, 0.25) is 0 Å². The Kier molecular flexibility index (Phi) is 2.72. The monoisotopic (exact) mass is 260 g/mol. The molecular formula is C13H16N4O2.